The fraction of sp³-hybridized carbons (Fsp3) is 0.357. The summed E-state index contributed by atoms with van der Waals surface area (Å²) >= 11 is 1.42. The molecule has 0 fully saturated rings. The predicted molar refractivity (Wildman–Crippen MR) is 76.5 cm³/mol. The number of aromatic nitrogens is 1. The van der Waals surface area contributed by atoms with Crippen LogP contribution in [0.3, 0.4) is 0 Å². The fourth-order valence-corrected chi connectivity index (χ4v) is 2.95. The number of thioether (sulfide) groups is 1. The minimum absolute atomic E-state index is 0.246. The summed E-state index contributed by atoms with van der Waals surface area (Å²) in [5.74, 6) is 1.87. The third-order valence-electron chi connectivity index (χ3n) is 3.01. The van der Waals surface area contributed by atoms with Gasteiger partial charge in [-0.1, -0.05) is 0 Å². The standard InChI is InChI=1S/C14H15NO4S/c16-7-10(17)8-20-14-11-6-13-12(18-3-4-19-13)5-9(11)1-2-15-14/h1-2,5-6,10,16-17H,3-4,7-8H2. The Morgan fingerprint density at radius 3 is 2.75 bits per heavy atom. The van der Waals surface area contributed by atoms with E-state index >= 15 is 0 Å². The molecule has 20 heavy (non-hydrogen) atoms. The molecule has 2 N–H and O–H groups in total. The summed E-state index contributed by atoms with van der Waals surface area (Å²) in [6, 6.07) is 5.78. The van der Waals surface area contributed by atoms with Crippen molar-refractivity contribution < 1.29 is 19.7 Å². The molecule has 3 rings (SSSR count). The molecule has 0 amide bonds. The van der Waals surface area contributed by atoms with E-state index in [2.05, 4.69) is 4.98 Å². The molecular weight excluding hydrogens is 278 g/mol. The summed E-state index contributed by atoms with van der Waals surface area (Å²) in [6.45, 7) is 0.864. The molecule has 0 radical (unpaired) electrons. The van der Waals surface area contributed by atoms with Crippen LogP contribution in [0, 0.1) is 0 Å². The van der Waals surface area contributed by atoms with Gasteiger partial charge in [0.25, 0.3) is 0 Å². The molecule has 106 valence electrons. The van der Waals surface area contributed by atoms with Gasteiger partial charge >= 0.3 is 0 Å². The molecule has 2 aromatic rings. The number of aliphatic hydroxyl groups is 2. The molecule has 1 aliphatic heterocycles. The monoisotopic (exact) mass is 293 g/mol. The quantitative estimate of drug-likeness (QED) is 0.831. The number of pyridine rings is 1. The molecule has 0 saturated heterocycles. The second kappa shape index (κ2) is 5.87. The molecule has 0 saturated carbocycles. The van der Waals surface area contributed by atoms with E-state index in [0.29, 0.717) is 19.0 Å². The van der Waals surface area contributed by atoms with Gasteiger partial charge in [-0.05, 0) is 23.6 Å². The molecule has 6 heteroatoms. The van der Waals surface area contributed by atoms with Crippen LogP contribution in [0.25, 0.3) is 10.8 Å². The number of nitrogens with zero attached hydrogens (tertiary/aromatic N) is 1. The summed E-state index contributed by atoms with van der Waals surface area (Å²) in [4.78, 5) is 4.34. The van der Waals surface area contributed by atoms with Crippen molar-refractivity contribution in [3.63, 3.8) is 0 Å². The molecule has 1 aliphatic rings. The minimum Gasteiger partial charge on any atom is -0.486 e. The Morgan fingerprint density at radius 1 is 1.25 bits per heavy atom. The van der Waals surface area contributed by atoms with Crippen LogP contribution >= 0.6 is 11.8 Å². The largest absolute Gasteiger partial charge is 0.486 e. The van der Waals surface area contributed by atoms with Crippen molar-refractivity contribution in [2.45, 2.75) is 11.1 Å². The average molecular weight is 293 g/mol. The van der Waals surface area contributed by atoms with E-state index in [1.807, 2.05) is 18.2 Å². The molecule has 1 aromatic carbocycles. The molecular formula is C14H15NO4S. The van der Waals surface area contributed by atoms with Gasteiger partial charge in [0.1, 0.15) is 18.2 Å². The number of ether oxygens (including phenoxy) is 2. The van der Waals surface area contributed by atoms with Crippen LogP contribution in [0.4, 0.5) is 0 Å². The first kappa shape index (κ1) is 13.5. The van der Waals surface area contributed by atoms with Gasteiger partial charge < -0.3 is 19.7 Å². The van der Waals surface area contributed by atoms with Gasteiger partial charge in [-0.25, -0.2) is 4.98 Å². The van der Waals surface area contributed by atoms with E-state index in [9.17, 15) is 5.11 Å². The number of aliphatic hydroxyl groups excluding tert-OH is 2. The van der Waals surface area contributed by atoms with Crippen LogP contribution in [0.2, 0.25) is 0 Å². The Morgan fingerprint density at radius 2 is 2.00 bits per heavy atom. The number of fused-ring (bicyclic) bond motifs is 2. The first-order valence-electron chi connectivity index (χ1n) is 6.38. The topological polar surface area (TPSA) is 71.8 Å². The van der Waals surface area contributed by atoms with E-state index in [0.717, 1.165) is 27.3 Å². The van der Waals surface area contributed by atoms with Gasteiger partial charge in [0.15, 0.2) is 11.5 Å². The highest BCUT2D eigenvalue weighted by Gasteiger charge is 2.15. The Hall–Kier alpha value is -1.50. The first-order valence-corrected chi connectivity index (χ1v) is 7.36. The molecule has 2 heterocycles. The van der Waals surface area contributed by atoms with Gasteiger partial charge in [0, 0.05) is 17.3 Å². The molecule has 5 nitrogen and oxygen atoms in total. The van der Waals surface area contributed by atoms with Crippen molar-refractivity contribution in [1.29, 1.82) is 0 Å². The second-order valence-electron chi connectivity index (χ2n) is 4.48. The van der Waals surface area contributed by atoms with E-state index in [-0.39, 0.29) is 6.61 Å². The van der Waals surface area contributed by atoms with Crippen molar-refractivity contribution in [1.82, 2.24) is 4.98 Å². The van der Waals surface area contributed by atoms with Crippen molar-refractivity contribution in [2.24, 2.45) is 0 Å². The maximum Gasteiger partial charge on any atom is 0.162 e. The molecule has 1 atom stereocenters. The summed E-state index contributed by atoms with van der Waals surface area (Å²) in [7, 11) is 0. The van der Waals surface area contributed by atoms with Crippen LogP contribution < -0.4 is 9.47 Å². The smallest absolute Gasteiger partial charge is 0.162 e. The lowest BCUT2D eigenvalue weighted by Gasteiger charge is -2.19. The maximum atomic E-state index is 9.44. The van der Waals surface area contributed by atoms with Gasteiger partial charge in [-0.2, -0.15) is 0 Å². The van der Waals surface area contributed by atoms with Crippen molar-refractivity contribution in [2.75, 3.05) is 25.6 Å². The zero-order valence-electron chi connectivity index (χ0n) is 10.8. The van der Waals surface area contributed by atoms with Gasteiger partial charge in [0.2, 0.25) is 0 Å². The van der Waals surface area contributed by atoms with Gasteiger partial charge in [-0.3, -0.25) is 0 Å². The fourth-order valence-electron chi connectivity index (χ4n) is 2.03. The Kier molecular flexibility index (Phi) is 3.95. The summed E-state index contributed by atoms with van der Waals surface area (Å²) in [6.07, 6.45) is 0.987. The highest BCUT2D eigenvalue weighted by Crippen LogP contribution is 2.37. The molecule has 0 spiro atoms. The SMILES string of the molecule is OCC(O)CSc1nccc2cc3c(cc12)OCCO3. The molecule has 0 bridgehead atoms. The van der Waals surface area contributed by atoms with E-state index < -0.39 is 6.10 Å². The summed E-state index contributed by atoms with van der Waals surface area (Å²) < 4.78 is 11.1. The number of rotatable bonds is 4. The second-order valence-corrected chi connectivity index (χ2v) is 5.49. The predicted octanol–water partition coefficient (Wildman–Crippen LogP) is 1.45. The Labute approximate surface area is 120 Å². The number of hydrogen-bond donors (Lipinski definition) is 2. The van der Waals surface area contributed by atoms with Crippen LogP contribution in [-0.4, -0.2) is 46.9 Å². The zero-order valence-corrected chi connectivity index (χ0v) is 11.6. The molecule has 1 aromatic heterocycles. The highest BCUT2D eigenvalue weighted by molar-refractivity contribution is 7.99. The van der Waals surface area contributed by atoms with E-state index in [4.69, 9.17) is 14.6 Å². The third kappa shape index (κ3) is 2.67. The summed E-state index contributed by atoms with van der Waals surface area (Å²) in [5, 5.41) is 21.1. The van der Waals surface area contributed by atoms with Gasteiger partial charge in [-0.15, -0.1) is 11.8 Å². The number of benzene rings is 1. The van der Waals surface area contributed by atoms with Crippen molar-refractivity contribution in [3.05, 3.63) is 24.4 Å². The summed E-state index contributed by atoms with van der Waals surface area (Å²) in [5.41, 5.74) is 0. The van der Waals surface area contributed by atoms with E-state index in [1.54, 1.807) is 6.20 Å². The maximum absolute atomic E-state index is 9.44. The average Bonchev–Trinajstić information content (AvgIpc) is 2.50. The minimum atomic E-state index is -0.741. The van der Waals surface area contributed by atoms with E-state index in [1.165, 1.54) is 11.8 Å². The zero-order chi connectivity index (χ0) is 13.9. The lowest BCUT2D eigenvalue weighted by molar-refractivity contribution is 0.113. The van der Waals surface area contributed by atoms with Crippen LogP contribution in [0.15, 0.2) is 29.4 Å². The lowest BCUT2D eigenvalue weighted by Crippen LogP contribution is -2.15. The third-order valence-corrected chi connectivity index (χ3v) is 4.16. The molecule has 0 aliphatic carbocycles. The lowest BCUT2D eigenvalue weighted by atomic mass is 10.1. The Bertz CT molecular complexity index is 619. The number of hydrogen-bond acceptors (Lipinski definition) is 6. The normalized spacial score (nSPS) is 15.3. The Balaban J connectivity index is 1.96. The first-order chi connectivity index (χ1) is 9.78. The van der Waals surface area contributed by atoms with Crippen molar-refractivity contribution >= 4 is 22.5 Å². The molecule has 1 unspecified atom stereocenters. The van der Waals surface area contributed by atoms with Crippen LogP contribution in [0.5, 0.6) is 11.5 Å². The van der Waals surface area contributed by atoms with Gasteiger partial charge in [0.05, 0.1) is 12.7 Å². The van der Waals surface area contributed by atoms with Crippen molar-refractivity contribution in [3.8, 4) is 11.5 Å². The highest BCUT2D eigenvalue weighted by atomic mass is 32.2. The van der Waals surface area contributed by atoms with Crippen LogP contribution in [-0.2, 0) is 0 Å². The van der Waals surface area contributed by atoms with Crippen LogP contribution in [0.1, 0.15) is 0 Å².